The molecule has 1 aromatic carbocycles. The number of nitrogens with zero attached hydrogens (tertiary/aromatic N) is 5. The number of nitrogens with one attached hydrogen (secondary N) is 2. The number of amides is 1. The molecular weight excluding hydrogens is 550 g/mol. The quantitative estimate of drug-likeness (QED) is 0.371. The minimum atomic E-state index is -2.50. The van der Waals surface area contributed by atoms with E-state index in [4.69, 9.17) is 16.3 Å². The fourth-order valence-electron chi connectivity index (χ4n) is 5.59. The minimum absolute atomic E-state index is 0.262. The molecule has 3 aliphatic rings. The molecule has 2 aromatic heterocycles. The zero-order valence-corrected chi connectivity index (χ0v) is 24.6. The zero-order valence-electron chi connectivity index (χ0n) is 22.9. The highest BCUT2D eigenvalue weighted by Crippen LogP contribution is 2.41. The van der Waals surface area contributed by atoms with Gasteiger partial charge >= 0.3 is 0 Å². The van der Waals surface area contributed by atoms with Crippen LogP contribution in [0, 0.1) is 12.8 Å². The lowest BCUT2D eigenvalue weighted by atomic mass is 10.1. The van der Waals surface area contributed by atoms with Crippen molar-refractivity contribution in [1.82, 2.24) is 14.8 Å². The Bertz CT molecular complexity index is 1560. The van der Waals surface area contributed by atoms with E-state index in [0.29, 0.717) is 64.2 Å². The molecule has 1 amide bonds. The van der Waals surface area contributed by atoms with Gasteiger partial charge in [0.15, 0.2) is 0 Å². The third-order valence-corrected chi connectivity index (χ3v) is 10.7. The van der Waals surface area contributed by atoms with E-state index in [1.165, 1.54) is 0 Å². The number of benzene rings is 1. The van der Waals surface area contributed by atoms with Crippen LogP contribution in [-0.2, 0) is 17.2 Å². The number of fused-ring (bicyclic) bond motifs is 7. The lowest BCUT2D eigenvalue weighted by Crippen LogP contribution is -2.35. The van der Waals surface area contributed by atoms with Crippen LogP contribution in [0.25, 0.3) is 11.3 Å². The van der Waals surface area contributed by atoms with E-state index in [0.717, 1.165) is 42.6 Å². The number of anilines is 3. The average Bonchev–Trinajstić information content (AvgIpc) is 3.59. The van der Waals surface area contributed by atoms with Gasteiger partial charge in [0.1, 0.15) is 0 Å². The largest absolute Gasteiger partial charge is 0.477 e. The van der Waals surface area contributed by atoms with Gasteiger partial charge in [-0.3, -0.25) is 14.0 Å². The molecule has 1 saturated heterocycles. The van der Waals surface area contributed by atoms with Crippen molar-refractivity contribution in [2.24, 2.45) is 18.0 Å². The zero-order chi connectivity index (χ0) is 28.0. The number of ether oxygens (including phenoxy) is 1. The van der Waals surface area contributed by atoms with Gasteiger partial charge < -0.3 is 19.7 Å². The van der Waals surface area contributed by atoms with Crippen LogP contribution in [0.3, 0.4) is 0 Å². The molecule has 6 rings (SSSR count). The maximum atomic E-state index is 13.6. The van der Waals surface area contributed by atoms with Crippen molar-refractivity contribution in [2.75, 3.05) is 39.6 Å². The summed E-state index contributed by atoms with van der Waals surface area (Å²) in [5, 5.41) is 8.16. The van der Waals surface area contributed by atoms with Crippen molar-refractivity contribution in [3.63, 3.8) is 0 Å². The Labute approximate surface area is 239 Å². The molecule has 5 heterocycles. The standard InChI is InChI=1S/C28H34ClN7O3S/c1-17-7-6-8-39-27-20(15-30-35(27)3)22-12-19(11-18(2)31-22)26(37)33-28-32-24-13-21(29)23(14-25(24)36(28)16-17)34-40(38)9-4-5-10-40/h11-15,17,40H,4-10,16H2,1-3H3,(H,34,38)(H,32,33,37)/t17-/m1/s1. The Hall–Kier alpha value is -3.44. The molecule has 10 nitrogen and oxygen atoms in total. The van der Waals surface area contributed by atoms with E-state index in [1.54, 1.807) is 23.0 Å². The SMILES string of the molecule is Cc1cc2cc(n1)-c1cnn(C)c1OCCC[C@@H](C)CN1/C(=N/C2=O)Nc2cc(Cl)c(N[SH]3(=O)CCCC3)cc21. The van der Waals surface area contributed by atoms with Crippen LogP contribution < -0.4 is 19.7 Å². The van der Waals surface area contributed by atoms with Crippen molar-refractivity contribution in [3.05, 3.63) is 46.7 Å². The van der Waals surface area contributed by atoms with Crippen LogP contribution in [0.5, 0.6) is 5.88 Å². The summed E-state index contributed by atoms with van der Waals surface area (Å²) >= 11 is 6.64. The summed E-state index contributed by atoms with van der Waals surface area (Å²) in [4.78, 5) is 24.8. The molecule has 40 heavy (non-hydrogen) atoms. The van der Waals surface area contributed by atoms with Gasteiger partial charge in [-0.2, -0.15) is 10.1 Å². The Balaban J connectivity index is 1.40. The number of aliphatic imine (C=N–C) groups is 1. The summed E-state index contributed by atoms with van der Waals surface area (Å²) in [6.07, 6.45) is 5.37. The fourth-order valence-corrected chi connectivity index (χ4v) is 8.41. The van der Waals surface area contributed by atoms with Gasteiger partial charge in [-0.1, -0.05) is 18.5 Å². The number of carbonyl (C=O) groups is 1. The van der Waals surface area contributed by atoms with E-state index in [2.05, 4.69) is 32.0 Å². The number of hydrogen-bond acceptors (Lipinski definition) is 7. The van der Waals surface area contributed by atoms with E-state index in [-0.39, 0.29) is 11.8 Å². The number of guanidine groups is 1. The topological polar surface area (TPSA) is 114 Å². The van der Waals surface area contributed by atoms with E-state index >= 15 is 0 Å². The van der Waals surface area contributed by atoms with Gasteiger partial charge in [-0.25, -0.2) is 4.68 Å². The van der Waals surface area contributed by atoms with Gasteiger partial charge in [0.2, 0.25) is 11.8 Å². The molecule has 0 spiro atoms. The van der Waals surface area contributed by atoms with E-state index in [9.17, 15) is 9.00 Å². The Morgan fingerprint density at radius 2 is 1.98 bits per heavy atom. The van der Waals surface area contributed by atoms with E-state index in [1.807, 2.05) is 31.0 Å². The first kappa shape index (κ1) is 26.8. The van der Waals surface area contributed by atoms with Gasteiger partial charge in [-0.15, -0.1) is 0 Å². The molecular formula is C28H34ClN7O3S. The van der Waals surface area contributed by atoms with Gasteiger partial charge in [0.05, 0.1) is 46.1 Å². The molecule has 1 fully saturated rings. The van der Waals surface area contributed by atoms with Crippen molar-refractivity contribution < 1.29 is 13.7 Å². The molecule has 0 aliphatic carbocycles. The smallest absolute Gasteiger partial charge is 0.280 e. The molecule has 3 aliphatic heterocycles. The second-order valence-corrected chi connectivity index (χ2v) is 14.2. The molecule has 0 unspecified atom stereocenters. The van der Waals surface area contributed by atoms with Crippen LogP contribution in [-0.4, -0.2) is 55.5 Å². The molecule has 12 heteroatoms. The summed E-state index contributed by atoms with van der Waals surface area (Å²) in [6, 6.07) is 7.21. The third kappa shape index (κ3) is 5.19. The summed E-state index contributed by atoms with van der Waals surface area (Å²) in [6.45, 7) is 5.18. The number of rotatable bonds is 2. The first-order chi connectivity index (χ1) is 19.2. The fraction of sp³-hybridized carbons (Fsp3) is 0.429. The molecule has 3 aromatic rings. The predicted octanol–water partition coefficient (Wildman–Crippen LogP) is 4.82. The highest BCUT2D eigenvalue weighted by atomic mass is 35.5. The van der Waals surface area contributed by atoms with Crippen molar-refractivity contribution in [2.45, 2.75) is 39.5 Å². The van der Waals surface area contributed by atoms with E-state index < -0.39 is 10.1 Å². The highest BCUT2D eigenvalue weighted by Gasteiger charge is 2.31. The van der Waals surface area contributed by atoms with Crippen LogP contribution in [0.4, 0.5) is 17.1 Å². The van der Waals surface area contributed by atoms with Crippen molar-refractivity contribution >= 4 is 50.6 Å². The molecule has 0 radical (unpaired) electrons. The predicted molar refractivity (Wildman–Crippen MR) is 161 cm³/mol. The molecule has 2 N–H and O–H groups in total. The van der Waals surface area contributed by atoms with Crippen LogP contribution >= 0.6 is 11.6 Å². The summed E-state index contributed by atoms with van der Waals surface area (Å²) in [5.41, 5.74) is 4.72. The summed E-state index contributed by atoms with van der Waals surface area (Å²) < 4.78 is 24.4. The average molecular weight is 584 g/mol. The van der Waals surface area contributed by atoms with Crippen LogP contribution in [0.1, 0.15) is 48.7 Å². The summed E-state index contributed by atoms with van der Waals surface area (Å²) in [5.74, 6) is 2.29. The number of aromatic nitrogens is 3. The number of halogens is 1. The Morgan fingerprint density at radius 1 is 1.18 bits per heavy atom. The second-order valence-electron chi connectivity index (χ2n) is 10.9. The lowest BCUT2D eigenvalue weighted by Gasteiger charge is -2.25. The highest BCUT2D eigenvalue weighted by molar-refractivity contribution is 8.04. The number of carbonyl (C=O) groups excluding carboxylic acids is 1. The van der Waals surface area contributed by atoms with Crippen LogP contribution in [0.2, 0.25) is 5.02 Å². The number of thiol groups is 1. The van der Waals surface area contributed by atoms with Gasteiger partial charge in [0.25, 0.3) is 5.91 Å². The monoisotopic (exact) mass is 583 g/mol. The third-order valence-electron chi connectivity index (χ3n) is 7.63. The lowest BCUT2D eigenvalue weighted by molar-refractivity contribution is 0.100. The maximum Gasteiger partial charge on any atom is 0.280 e. The van der Waals surface area contributed by atoms with Crippen LogP contribution in [0.15, 0.2) is 35.5 Å². The molecule has 1 atom stereocenters. The normalized spacial score (nSPS) is 22.4. The Kier molecular flexibility index (Phi) is 7.03. The first-order valence-corrected chi connectivity index (χ1v) is 16.2. The second kappa shape index (κ2) is 10.5. The first-order valence-electron chi connectivity index (χ1n) is 13.7. The molecule has 212 valence electrons. The number of aryl methyl sites for hydroxylation is 2. The molecule has 0 saturated carbocycles. The van der Waals surface area contributed by atoms with Crippen molar-refractivity contribution in [3.8, 4) is 17.1 Å². The van der Waals surface area contributed by atoms with Crippen molar-refractivity contribution in [1.29, 1.82) is 0 Å². The Morgan fingerprint density at radius 3 is 2.77 bits per heavy atom. The van der Waals surface area contributed by atoms with Gasteiger partial charge in [-0.05, 0) is 72.9 Å². The number of hydrogen-bond donors (Lipinski definition) is 3. The summed E-state index contributed by atoms with van der Waals surface area (Å²) in [7, 11) is -0.665. The number of pyridine rings is 1. The minimum Gasteiger partial charge on any atom is -0.477 e. The van der Waals surface area contributed by atoms with Gasteiger partial charge in [0, 0.05) is 36.4 Å². The maximum absolute atomic E-state index is 13.6. The molecule has 2 bridgehead atoms.